The smallest absolute Gasteiger partial charge is 0.148 e. The van der Waals surface area contributed by atoms with Crippen molar-refractivity contribution in [2.45, 2.75) is 77.9 Å². The van der Waals surface area contributed by atoms with Gasteiger partial charge in [0.05, 0.1) is 6.10 Å². The molecule has 0 amide bonds. The molecule has 1 atom stereocenters. The predicted octanol–water partition coefficient (Wildman–Crippen LogP) is 5.67. The van der Waals surface area contributed by atoms with Crippen molar-refractivity contribution >= 4 is 19.2 Å². The van der Waals surface area contributed by atoms with Gasteiger partial charge in [-0.1, -0.05) is 69.0 Å². The Kier molecular flexibility index (Phi) is 21.8. The highest BCUT2D eigenvalue weighted by molar-refractivity contribution is 5.55. The maximum Gasteiger partial charge on any atom is 0.148 e. The molecule has 2 rings (SSSR count). The van der Waals surface area contributed by atoms with Gasteiger partial charge in [-0.25, -0.2) is 0 Å². The van der Waals surface area contributed by atoms with Gasteiger partial charge < -0.3 is 19.1 Å². The third-order valence-electron chi connectivity index (χ3n) is 4.03. The molecular weight excluding hydrogens is 352 g/mol. The lowest BCUT2D eigenvalue weighted by molar-refractivity contribution is -0.121. The van der Waals surface area contributed by atoms with Crippen LogP contribution in [0.5, 0.6) is 0 Å². The van der Waals surface area contributed by atoms with E-state index in [0.29, 0.717) is 6.10 Å². The molecule has 1 fully saturated rings. The summed E-state index contributed by atoms with van der Waals surface area (Å²) >= 11 is 0. The average Bonchev–Trinajstić information content (AvgIpc) is 2.73. The number of allylic oxidation sites excluding steroid dienone is 1. The Morgan fingerprint density at radius 2 is 1.64 bits per heavy atom. The van der Waals surface area contributed by atoms with Crippen molar-refractivity contribution < 1.29 is 19.1 Å². The van der Waals surface area contributed by atoms with E-state index >= 15 is 0 Å². The molecule has 1 aliphatic carbocycles. The van der Waals surface area contributed by atoms with E-state index in [1.807, 2.05) is 20.6 Å². The van der Waals surface area contributed by atoms with E-state index in [1.54, 1.807) is 14.2 Å². The van der Waals surface area contributed by atoms with Gasteiger partial charge in [0.2, 0.25) is 0 Å². The van der Waals surface area contributed by atoms with Gasteiger partial charge in [-0.2, -0.15) is 0 Å². The number of hydrogen-bond donors (Lipinski definition) is 0. The van der Waals surface area contributed by atoms with Crippen molar-refractivity contribution in [3.05, 3.63) is 41.5 Å². The molecule has 1 aromatic rings. The Morgan fingerprint density at radius 3 is 2.07 bits per heavy atom. The van der Waals surface area contributed by atoms with E-state index < -0.39 is 0 Å². The van der Waals surface area contributed by atoms with E-state index in [1.165, 1.54) is 43.2 Å². The van der Waals surface area contributed by atoms with Crippen LogP contribution >= 0.6 is 0 Å². The molecule has 0 bridgehead atoms. The number of ether oxygens (including phenoxy) is 2. The van der Waals surface area contributed by atoms with Crippen LogP contribution in [0.2, 0.25) is 0 Å². The van der Waals surface area contributed by atoms with Crippen LogP contribution in [0, 0.1) is 0 Å². The Labute approximate surface area is 172 Å². The monoisotopic (exact) mass is 392 g/mol. The van der Waals surface area contributed by atoms with Crippen molar-refractivity contribution in [3.8, 4) is 0 Å². The van der Waals surface area contributed by atoms with Crippen LogP contribution in [-0.4, -0.2) is 39.5 Å². The van der Waals surface area contributed by atoms with E-state index in [2.05, 4.69) is 48.1 Å². The van der Waals surface area contributed by atoms with Crippen LogP contribution in [0.25, 0.3) is 6.08 Å². The molecule has 4 heteroatoms. The van der Waals surface area contributed by atoms with Crippen LogP contribution in [0.4, 0.5) is 0 Å². The number of carbonyl (C=O) groups is 2. The molecule has 0 saturated heterocycles. The van der Waals surface area contributed by atoms with Crippen molar-refractivity contribution in [1.82, 2.24) is 0 Å². The number of benzene rings is 1. The van der Waals surface area contributed by atoms with Crippen LogP contribution in [-0.2, 0) is 25.5 Å². The fraction of sp³-hybridized carbons (Fsp3) is 0.583. The fourth-order valence-electron chi connectivity index (χ4n) is 2.81. The van der Waals surface area contributed by atoms with Crippen molar-refractivity contribution in [1.29, 1.82) is 0 Å². The number of rotatable bonds is 6. The number of aryl methyl sites for hydroxylation is 1. The highest BCUT2D eigenvalue weighted by atomic mass is 16.5. The Morgan fingerprint density at radius 1 is 1.11 bits per heavy atom. The molecular formula is C24H40O4. The van der Waals surface area contributed by atoms with Gasteiger partial charge in [-0.05, 0) is 44.2 Å². The van der Waals surface area contributed by atoms with Crippen LogP contribution in [0.1, 0.15) is 70.4 Å². The average molecular weight is 393 g/mol. The zero-order valence-corrected chi connectivity index (χ0v) is 18.5. The third-order valence-corrected chi connectivity index (χ3v) is 4.03. The fourth-order valence-corrected chi connectivity index (χ4v) is 2.81. The molecule has 28 heavy (non-hydrogen) atoms. The first kappa shape index (κ1) is 28.4. The standard InChI is InChI=1S/C12H16.C9H16O2.C2H6O.CH2O/c1-3-5-11-7-9-12(6-4-2)10-8-11;1-8(7-10)11-9-5-3-2-4-6-9;1-3-2;1-2/h3,5,7-10H,4,6H2,1-2H3;7-9H,2-6H2,1H3;1-2H3;1H2/b5-3+;;;. The largest absolute Gasteiger partial charge is 0.388 e. The second-order valence-corrected chi connectivity index (χ2v) is 6.64. The van der Waals surface area contributed by atoms with Crippen molar-refractivity contribution in [3.63, 3.8) is 0 Å². The first-order valence-electron chi connectivity index (χ1n) is 10.1. The number of aldehydes is 1. The van der Waals surface area contributed by atoms with Crippen LogP contribution in [0.15, 0.2) is 30.3 Å². The van der Waals surface area contributed by atoms with Gasteiger partial charge in [0.25, 0.3) is 0 Å². The summed E-state index contributed by atoms with van der Waals surface area (Å²) in [6.07, 6.45) is 13.7. The van der Waals surface area contributed by atoms with Gasteiger partial charge in [-0.3, -0.25) is 0 Å². The zero-order valence-electron chi connectivity index (χ0n) is 18.5. The third kappa shape index (κ3) is 16.4. The molecule has 1 saturated carbocycles. The number of hydrogen-bond acceptors (Lipinski definition) is 4. The Balaban J connectivity index is 0. The summed E-state index contributed by atoms with van der Waals surface area (Å²) in [7, 11) is 3.25. The van der Waals surface area contributed by atoms with Crippen LogP contribution in [0.3, 0.4) is 0 Å². The van der Waals surface area contributed by atoms with Gasteiger partial charge >= 0.3 is 0 Å². The summed E-state index contributed by atoms with van der Waals surface area (Å²) in [6, 6.07) is 8.76. The second-order valence-electron chi connectivity index (χ2n) is 6.64. The normalized spacial score (nSPS) is 14.5. The predicted molar refractivity (Wildman–Crippen MR) is 119 cm³/mol. The Bertz CT molecular complexity index is 476. The first-order valence-corrected chi connectivity index (χ1v) is 10.1. The summed E-state index contributed by atoms with van der Waals surface area (Å²) in [6.45, 7) is 8.06. The molecule has 1 aliphatic rings. The van der Waals surface area contributed by atoms with E-state index in [-0.39, 0.29) is 6.10 Å². The minimum absolute atomic E-state index is 0.210. The van der Waals surface area contributed by atoms with Gasteiger partial charge in [0, 0.05) is 14.2 Å². The summed E-state index contributed by atoms with van der Waals surface area (Å²) in [5.74, 6) is 0. The molecule has 0 spiro atoms. The molecule has 0 N–H and O–H groups in total. The van der Waals surface area contributed by atoms with Gasteiger partial charge in [0.15, 0.2) is 0 Å². The molecule has 1 unspecified atom stereocenters. The van der Waals surface area contributed by atoms with E-state index in [0.717, 1.165) is 19.1 Å². The number of carbonyl (C=O) groups excluding carboxylic acids is 2. The second kappa shape index (κ2) is 21.5. The summed E-state index contributed by atoms with van der Waals surface area (Å²) in [5, 5.41) is 0. The lowest BCUT2D eigenvalue weighted by atomic mass is 9.98. The highest BCUT2D eigenvalue weighted by Gasteiger charge is 2.15. The quantitative estimate of drug-likeness (QED) is 0.585. The minimum Gasteiger partial charge on any atom is -0.388 e. The number of methoxy groups -OCH3 is 1. The van der Waals surface area contributed by atoms with Gasteiger partial charge in [0.1, 0.15) is 19.2 Å². The SMILES string of the molecule is C/C=C/c1ccc(CCC)cc1.C=O.CC(C=O)OC1CCCCC1.COC. The summed E-state index contributed by atoms with van der Waals surface area (Å²) in [5.41, 5.74) is 2.73. The lowest BCUT2D eigenvalue weighted by Gasteiger charge is -2.23. The maximum absolute atomic E-state index is 10.3. The van der Waals surface area contributed by atoms with Crippen molar-refractivity contribution in [2.24, 2.45) is 0 Å². The maximum atomic E-state index is 10.3. The zero-order chi connectivity index (χ0) is 21.6. The topological polar surface area (TPSA) is 52.6 Å². The molecule has 1 aromatic carbocycles. The lowest BCUT2D eigenvalue weighted by Crippen LogP contribution is -2.22. The molecule has 0 radical (unpaired) electrons. The van der Waals surface area contributed by atoms with E-state index in [9.17, 15) is 4.79 Å². The molecule has 4 nitrogen and oxygen atoms in total. The first-order chi connectivity index (χ1) is 13.6. The highest BCUT2D eigenvalue weighted by Crippen LogP contribution is 2.20. The Hall–Kier alpha value is -1.78. The van der Waals surface area contributed by atoms with Crippen molar-refractivity contribution in [2.75, 3.05) is 14.2 Å². The summed E-state index contributed by atoms with van der Waals surface area (Å²) in [4.78, 5) is 18.3. The molecule has 160 valence electrons. The molecule has 0 aromatic heterocycles. The van der Waals surface area contributed by atoms with Crippen LogP contribution < -0.4 is 0 Å². The molecule has 0 aliphatic heterocycles. The van der Waals surface area contributed by atoms with Gasteiger partial charge in [-0.15, -0.1) is 0 Å². The minimum atomic E-state index is -0.210. The van der Waals surface area contributed by atoms with E-state index in [4.69, 9.17) is 9.53 Å². The molecule has 0 heterocycles. The summed E-state index contributed by atoms with van der Waals surface area (Å²) < 4.78 is 9.72.